The highest BCUT2D eigenvalue weighted by molar-refractivity contribution is 5.92. The van der Waals surface area contributed by atoms with E-state index in [1.54, 1.807) is 0 Å². The van der Waals surface area contributed by atoms with Crippen LogP contribution in [-0.2, 0) is 0 Å². The lowest BCUT2D eigenvalue weighted by Gasteiger charge is -2.23. The summed E-state index contributed by atoms with van der Waals surface area (Å²) < 4.78 is 0. The van der Waals surface area contributed by atoms with Crippen LogP contribution in [0.25, 0.3) is 0 Å². The van der Waals surface area contributed by atoms with Gasteiger partial charge in [0.25, 0.3) is 0 Å². The Hall–Kier alpha value is -1.46. The maximum absolute atomic E-state index is 5.47. The van der Waals surface area contributed by atoms with Gasteiger partial charge < -0.3 is 17.2 Å². The molecule has 0 amide bonds. The smallest absolute Gasteiger partial charge is 0.240 e. The molecule has 1 heterocycles. The number of hydrazone groups is 1. The van der Waals surface area contributed by atoms with Crippen molar-refractivity contribution in [3.8, 4) is 0 Å². The van der Waals surface area contributed by atoms with Crippen molar-refractivity contribution >= 4 is 11.9 Å². The lowest BCUT2D eigenvalue weighted by Crippen LogP contribution is -2.30. The standard InChI is InChI=1S/C7H16N6/c8-6(9)11-7(10)12-13-4-2-1-3-5-13/h1-5H2,(H6,8,9,10,11,12). The van der Waals surface area contributed by atoms with Crippen LogP contribution in [0.5, 0.6) is 0 Å². The van der Waals surface area contributed by atoms with E-state index >= 15 is 0 Å². The van der Waals surface area contributed by atoms with Crippen LogP contribution in [0, 0.1) is 0 Å². The number of rotatable bonds is 1. The maximum atomic E-state index is 5.47. The summed E-state index contributed by atoms with van der Waals surface area (Å²) in [6.45, 7) is 1.86. The Bertz CT molecular complexity index is 211. The highest BCUT2D eigenvalue weighted by Crippen LogP contribution is 2.08. The third-order valence-corrected chi connectivity index (χ3v) is 1.82. The van der Waals surface area contributed by atoms with Gasteiger partial charge in [-0.1, -0.05) is 0 Å². The number of aliphatic imine (C=N–C) groups is 1. The monoisotopic (exact) mass is 184 g/mol. The van der Waals surface area contributed by atoms with E-state index in [-0.39, 0.29) is 11.9 Å². The van der Waals surface area contributed by atoms with E-state index in [1.165, 1.54) is 6.42 Å². The first kappa shape index (κ1) is 9.63. The minimum Gasteiger partial charge on any atom is -0.370 e. The Labute approximate surface area is 77.5 Å². The SMILES string of the molecule is NC(N)=NC(N)=NN1CCCCC1. The van der Waals surface area contributed by atoms with Crippen LogP contribution < -0.4 is 17.2 Å². The zero-order chi connectivity index (χ0) is 9.68. The molecule has 0 aromatic rings. The summed E-state index contributed by atoms with van der Waals surface area (Å²) in [6.07, 6.45) is 3.56. The lowest BCUT2D eigenvalue weighted by atomic mass is 10.2. The summed E-state index contributed by atoms with van der Waals surface area (Å²) >= 11 is 0. The second kappa shape index (κ2) is 4.54. The van der Waals surface area contributed by atoms with Crippen LogP contribution in [0.3, 0.4) is 0 Å². The van der Waals surface area contributed by atoms with Crippen LogP contribution in [0.2, 0.25) is 0 Å². The number of hydrogen-bond acceptors (Lipinski definition) is 2. The normalized spacial score (nSPS) is 18.5. The molecule has 0 radical (unpaired) electrons. The van der Waals surface area contributed by atoms with E-state index in [1.807, 2.05) is 5.01 Å². The molecule has 6 heteroatoms. The number of nitrogens with zero attached hydrogens (tertiary/aromatic N) is 3. The number of guanidine groups is 2. The van der Waals surface area contributed by atoms with Gasteiger partial charge in [-0.2, -0.15) is 4.99 Å². The molecule has 0 atom stereocenters. The van der Waals surface area contributed by atoms with E-state index in [4.69, 9.17) is 17.2 Å². The van der Waals surface area contributed by atoms with Gasteiger partial charge in [0.05, 0.1) is 0 Å². The van der Waals surface area contributed by atoms with Crippen LogP contribution in [-0.4, -0.2) is 30.0 Å². The van der Waals surface area contributed by atoms with Gasteiger partial charge in [0.15, 0.2) is 5.96 Å². The van der Waals surface area contributed by atoms with Crippen LogP contribution in [0.4, 0.5) is 0 Å². The van der Waals surface area contributed by atoms with Crippen molar-refractivity contribution in [1.29, 1.82) is 0 Å². The molecule has 1 fully saturated rings. The lowest BCUT2D eigenvalue weighted by molar-refractivity contribution is 0.238. The molecule has 0 spiro atoms. The highest BCUT2D eigenvalue weighted by Gasteiger charge is 2.07. The minimum atomic E-state index is -0.0572. The summed E-state index contributed by atoms with van der Waals surface area (Å²) in [7, 11) is 0. The van der Waals surface area contributed by atoms with Gasteiger partial charge in [-0.3, -0.25) is 5.01 Å². The second-order valence-corrected chi connectivity index (χ2v) is 3.01. The Morgan fingerprint density at radius 2 is 1.62 bits per heavy atom. The average Bonchev–Trinajstić information content (AvgIpc) is 2.04. The zero-order valence-corrected chi connectivity index (χ0v) is 7.61. The van der Waals surface area contributed by atoms with E-state index < -0.39 is 0 Å². The van der Waals surface area contributed by atoms with Crippen LogP contribution in [0.15, 0.2) is 10.1 Å². The zero-order valence-electron chi connectivity index (χ0n) is 7.61. The predicted molar refractivity (Wildman–Crippen MR) is 52.9 cm³/mol. The quantitative estimate of drug-likeness (QED) is 0.358. The number of piperidine rings is 1. The average molecular weight is 184 g/mol. The van der Waals surface area contributed by atoms with Gasteiger partial charge in [-0.25, -0.2) is 0 Å². The van der Waals surface area contributed by atoms with E-state index in [2.05, 4.69) is 10.1 Å². The Morgan fingerprint density at radius 1 is 1.00 bits per heavy atom. The van der Waals surface area contributed by atoms with Crippen LogP contribution in [0.1, 0.15) is 19.3 Å². The molecule has 1 aliphatic heterocycles. The van der Waals surface area contributed by atoms with Gasteiger partial charge in [-0.15, -0.1) is 5.10 Å². The van der Waals surface area contributed by atoms with Crippen molar-refractivity contribution in [1.82, 2.24) is 5.01 Å². The largest absolute Gasteiger partial charge is 0.370 e. The molecule has 6 N–H and O–H groups in total. The molecule has 6 nitrogen and oxygen atoms in total. The topological polar surface area (TPSA) is 106 Å². The van der Waals surface area contributed by atoms with Gasteiger partial charge >= 0.3 is 0 Å². The highest BCUT2D eigenvalue weighted by atomic mass is 15.5. The number of hydrogen-bond donors (Lipinski definition) is 3. The Kier molecular flexibility index (Phi) is 3.36. The summed E-state index contributed by atoms with van der Waals surface area (Å²) in [4.78, 5) is 3.63. The summed E-state index contributed by atoms with van der Waals surface area (Å²) in [6, 6.07) is 0. The first-order valence-corrected chi connectivity index (χ1v) is 4.37. The Morgan fingerprint density at radius 3 is 2.15 bits per heavy atom. The van der Waals surface area contributed by atoms with Crippen molar-refractivity contribution in [2.75, 3.05) is 13.1 Å². The maximum Gasteiger partial charge on any atom is 0.240 e. The van der Waals surface area contributed by atoms with E-state index in [0.717, 1.165) is 25.9 Å². The van der Waals surface area contributed by atoms with Crippen molar-refractivity contribution in [2.24, 2.45) is 27.3 Å². The fraction of sp³-hybridized carbons (Fsp3) is 0.714. The van der Waals surface area contributed by atoms with Crippen LogP contribution >= 0.6 is 0 Å². The second-order valence-electron chi connectivity index (χ2n) is 3.01. The van der Waals surface area contributed by atoms with Gasteiger partial charge in [-0.05, 0) is 19.3 Å². The van der Waals surface area contributed by atoms with Crippen molar-refractivity contribution in [3.63, 3.8) is 0 Å². The number of nitrogens with two attached hydrogens (primary N) is 3. The van der Waals surface area contributed by atoms with Crippen molar-refractivity contribution < 1.29 is 0 Å². The third-order valence-electron chi connectivity index (χ3n) is 1.82. The molecular formula is C7H16N6. The summed E-state index contributed by atoms with van der Waals surface area (Å²) in [5.74, 6) is 0.0696. The molecule has 0 aromatic carbocycles. The molecule has 13 heavy (non-hydrogen) atoms. The van der Waals surface area contributed by atoms with E-state index in [0.29, 0.717) is 0 Å². The molecular weight excluding hydrogens is 168 g/mol. The first-order valence-electron chi connectivity index (χ1n) is 4.37. The molecule has 0 aromatic heterocycles. The predicted octanol–water partition coefficient (Wildman–Crippen LogP) is -1.02. The molecule has 0 aliphatic carbocycles. The van der Waals surface area contributed by atoms with Crippen molar-refractivity contribution in [2.45, 2.75) is 19.3 Å². The summed E-state index contributed by atoms with van der Waals surface area (Å²) in [5.41, 5.74) is 15.8. The molecule has 0 bridgehead atoms. The third kappa shape index (κ3) is 3.64. The molecule has 1 aliphatic rings. The van der Waals surface area contributed by atoms with Gasteiger partial charge in [0.1, 0.15) is 0 Å². The molecule has 1 rings (SSSR count). The van der Waals surface area contributed by atoms with Gasteiger partial charge in [0, 0.05) is 13.1 Å². The molecule has 1 saturated heterocycles. The summed E-state index contributed by atoms with van der Waals surface area (Å²) in [5, 5.41) is 5.95. The first-order chi connectivity index (χ1) is 6.18. The Balaban J connectivity index is 2.48. The van der Waals surface area contributed by atoms with E-state index in [9.17, 15) is 0 Å². The van der Waals surface area contributed by atoms with Gasteiger partial charge in [0.2, 0.25) is 5.96 Å². The minimum absolute atomic E-state index is 0.0572. The molecule has 74 valence electrons. The molecule has 0 saturated carbocycles. The fourth-order valence-corrected chi connectivity index (χ4v) is 1.28. The molecule has 0 unspecified atom stereocenters. The van der Waals surface area contributed by atoms with Crippen molar-refractivity contribution in [3.05, 3.63) is 0 Å². The fourth-order valence-electron chi connectivity index (χ4n) is 1.28.